The van der Waals surface area contributed by atoms with E-state index in [2.05, 4.69) is 72.8 Å². The van der Waals surface area contributed by atoms with E-state index in [4.69, 9.17) is 0 Å². The quantitative estimate of drug-likeness (QED) is 0.172. The Kier molecular flexibility index (Phi) is 8.16. The SMILES string of the molecule is F[Si](c1ccccc1C1CCCCC1)(c1ccccc1C1CCCCC1)c1ccccc1C1CCCCC1. The molecule has 3 aliphatic rings. The fraction of sp³-hybridized carbons (Fsp3) is 0.500. The summed E-state index contributed by atoms with van der Waals surface area (Å²) in [6.45, 7) is 0. The van der Waals surface area contributed by atoms with Crippen molar-refractivity contribution < 1.29 is 4.11 Å². The summed E-state index contributed by atoms with van der Waals surface area (Å²) in [6.07, 6.45) is 18.9. The molecule has 0 radical (unpaired) electrons. The molecule has 0 bridgehead atoms. The van der Waals surface area contributed by atoms with Crippen LogP contribution >= 0.6 is 0 Å². The highest BCUT2D eigenvalue weighted by atomic mass is 28.4. The normalized spacial score (nSPS) is 20.4. The molecule has 3 fully saturated rings. The standard InChI is InChI=1S/C36H45FSi/c37-38(34-25-13-10-22-31(34)28-16-4-1-5-17-28,35-26-14-11-23-32(35)29-18-6-2-7-19-29)36-27-15-12-24-33(36)30-20-8-3-9-21-30/h10-15,22-30H,1-9,16-21H2. The first-order chi connectivity index (χ1) is 18.8. The van der Waals surface area contributed by atoms with E-state index >= 15 is 4.11 Å². The summed E-state index contributed by atoms with van der Waals surface area (Å²) < 4.78 is 19.2. The van der Waals surface area contributed by atoms with Crippen LogP contribution in [0.2, 0.25) is 0 Å². The van der Waals surface area contributed by atoms with Crippen molar-refractivity contribution in [2.75, 3.05) is 0 Å². The van der Waals surface area contributed by atoms with Crippen molar-refractivity contribution in [2.45, 2.75) is 114 Å². The van der Waals surface area contributed by atoms with Gasteiger partial charge in [0.2, 0.25) is 0 Å². The molecule has 0 spiro atoms. The Labute approximate surface area is 231 Å². The van der Waals surface area contributed by atoms with Crippen molar-refractivity contribution in [1.82, 2.24) is 0 Å². The molecule has 200 valence electrons. The minimum Gasteiger partial charge on any atom is -0.296 e. The van der Waals surface area contributed by atoms with E-state index in [1.54, 1.807) is 0 Å². The van der Waals surface area contributed by atoms with E-state index in [1.807, 2.05) is 0 Å². The molecule has 3 saturated carbocycles. The van der Waals surface area contributed by atoms with Gasteiger partial charge in [-0.05, 0) is 88.5 Å². The van der Waals surface area contributed by atoms with Crippen LogP contribution < -0.4 is 15.6 Å². The Morgan fingerprint density at radius 3 is 0.947 bits per heavy atom. The maximum Gasteiger partial charge on any atom is 0.340 e. The summed E-state index contributed by atoms with van der Waals surface area (Å²) in [5.41, 5.74) is 3.95. The van der Waals surface area contributed by atoms with E-state index < -0.39 is 8.41 Å². The Balaban J connectivity index is 1.58. The lowest BCUT2D eigenvalue weighted by molar-refractivity contribution is 0.443. The average Bonchev–Trinajstić information content (AvgIpc) is 3.02. The molecule has 6 rings (SSSR count). The number of rotatable bonds is 6. The van der Waals surface area contributed by atoms with Gasteiger partial charge >= 0.3 is 8.41 Å². The van der Waals surface area contributed by atoms with Crippen LogP contribution in [0.4, 0.5) is 4.11 Å². The summed E-state index contributed by atoms with van der Waals surface area (Å²) in [5, 5.41) is 3.16. The molecule has 0 N–H and O–H groups in total. The Bertz CT molecular complexity index is 1050. The number of benzene rings is 3. The van der Waals surface area contributed by atoms with Gasteiger partial charge in [0.05, 0.1) is 0 Å². The maximum atomic E-state index is 19.2. The van der Waals surface area contributed by atoms with Crippen molar-refractivity contribution in [3.05, 3.63) is 89.5 Å². The highest BCUT2D eigenvalue weighted by molar-refractivity contribution is 7.07. The smallest absolute Gasteiger partial charge is 0.296 e. The van der Waals surface area contributed by atoms with Gasteiger partial charge in [-0.15, -0.1) is 0 Å². The Hall–Kier alpha value is -2.19. The second kappa shape index (κ2) is 11.9. The molecular formula is C36H45FSi. The second-order valence-corrected chi connectivity index (χ2v) is 15.4. The largest absolute Gasteiger partial charge is 0.340 e. The maximum absolute atomic E-state index is 19.2. The third-order valence-electron chi connectivity index (χ3n) is 10.1. The number of halogens is 1. The van der Waals surface area contributed by atoms with Gasteiger partial charge in [0.25, 0.3) is 0 Å². The van der Waals surface area contributed by atoms with Crippen molar-refractivity contribution in [1.29, 1.82) is 0 Å². The monoisotopic (exact) mass is 524 g/mol. The summed E-state index contributed by atoms with van der Waals surface area (Å²) in [6, 6.07) is 26.3. The fourth-order valence-corrected chi connectivity index (χ4v) is 12.1. The average molecular weight is 525 g/mol. The highest BCUT2D eigenvalue weighted by Crippen LogP contribution is 2.37. The minimum atomic E-state index is -3.76. The van der Waals surface area contributed by atoms with E-state index in [9.17, 15) is 0 Å². The molecule has 0 amide bonds. The zero-order valence-corrected chi connectivity index (χ0v) is 24.1. The summed E-state index contributed by atoms with van der Waals surface area (Å²) in [4.78, 5) is 0. The first kappa shape index (κ1) is 26.1. The van der Waals surface area contributed by atoms with Gasteiger partial charge in [-0.25, -0.2) is 0 Å². The van der Waals surface area contributed by atoms with E-state index in [0.29, 0.717) is 17.8 Å². The third kappa shape index (κ3) is 5.06. The topological polar surface area (TPSA) is 0 Å². The first-order valence-corrected chi connectivity index (χ1v) is 17.6. The van der Waals surface area contributed by atoms with Gasteiger partial charge in [-0.2, -0.15) is 0 Å². The van der Waals surface area contributed by atoms with Crippen LogP contribution in [0.1, 0.15) is 131 Å². The van der Waals surface area contributed by atoms with Crippen LogP contribution in [0.3, 0.4) is 0 Å². The lowest BCUT2D eigenvalue weighted by atomic mass is 9.84. The number of hydrogen-bond acceptors (Lipinski definition) is 0. The molecule has 2 heteroatoms. The Morgan fingerprint density at radius 1 is 0.395 bits per heavy atom. The van der Waals surface area contributed by atoms with Crippen LogP contribution in [0.5, 0.6) is 0 Å². The van der Waals surface area contributed by atoms with Gasteiger partial charge in [0.15, 0.2) is 0 Å². The molecule has 3 aromatic rings. The van der Waals surface area contributed by atoms with Crippen molar-refractivity contribution >= 4 is 24.0 Å². The lowest BCUT2D eigenvalue weighted by Gasteiger charge is -2.36. The molecule has 0 aromatic heterocycles. The minimum absolute atomic E-state index is 0.492. The van der Waals surface area contributed by atoms with Crippen LogP contribution in [-0.4, -0.2) is 8.41 Å². The molecule has 0 nitrogen and oxygen atoms in total. The Morgan fingerprint density at radius 2 is 0.658 bits per heavy atom. The van der Waals surface area contributed by atoms with E-state index in [-0.39, 0.29) is 0 Å². The fourth-order valence-electron chi connectivity index (χ4n) is 8.18. The van der Waals surface area contributed by atoms with Gasteiger partial charge in [0.1, 0.15) is 0 Å². The molecule has 0 heterocycles. The molecule has 3 aliphatic carbocycles. The second-order valence-electron chi connectivity index (χ2n) is 12.4. The first-order valence-electron chi connectivity index (χ1n) is 15.7. The predicted molar refractivity (Wildman–Crippen MR) is 163 cm³/mol. The zero-order chi connectivity index (χ0) is 25.8. The van der Waals surface area contributed by atoms with Gasteiger partial charge in [-0.3, -0.25) is 4.11 Å². The van der Waals surface area contributed by atoms with Crippen molar-refractivity contribution in [3.8, 4) is 0 Å². The highest BCUT2D eigenvalue weighted by Gasteiger charge is 2.47. The van der Waals surface area contributed by atoms with Gasteiger partial charge < -0.3 is 0 Å². The molecule has 3 aromatic carbocycles. The molecule has 0 saturated heterocycles. The molecule has 0 aliphatic heterocycles. The third-order valence-corrected chi connectivity index (χ3v) is 13.7. The predicted octanol–water partition coefficient (Wildman–Crippen LogP) is 8.77. The zero-order valence-electron chi connectivity index (χ0n) is 23.1. The van der Waals surface area contributed by atoms with E-state index in [0.717, 1.165) is 15.6 Å². The van der Waals surface area contributed by atoms with Gasteiger partial charge in [0, 0.05) is 0 Å². The van der Waals surface area contributed by atoms with E-state index in [1.165, 1.54) is 113 Å². The van der Waals surface area contributed by atoms with Gasteiger partial charge in [-0.1, -0.05) is 131 Å². The molecule has 0 unspecified atom stereocenters. The summed E-state index contributed by atoms with van der Waals surface area (Å²) in [5.74, 6) is 1.48. The molecule has 38 heavy (non-hydrogen) atoms. The van der Waals surface area contributed by atoms with Crippen LogP contribution in [0.25, 0.3) is 0 Å². The number of hydrogen-bond donors (Lipinski definition) is 0. The summed E-state index contributed by atoms with van der Waals surface area (Å²) in [7, 11) is -3.76. The van der Waals surface area contributed by atoms with Crippen LogP contribution in [0.15, 0.2) is 72.8 Å². The molecular weight excluding hydrogens is 479 g/mol. The van der Waals surface area contributed by atoms with Crippen molar-refractivity contribution in [3.63, 3.8) is 0 Å². The van der Waals surface area contributed by atoms with Crippen LogP contribution in [0, 0.1) is 0 Å². The summed E-state index contributed by atoms with van der Waals surface area (Å²) >= 11 is 0. The molecule has 0 atom stereocenters. The lowest BCUT2D eigenvalue weighted by Crippen LogP contribution is -2.67. The van der Waals surface area contributed by atoms with Crippen molar-refractivity contribution in [2.24, 2.45) is 0 Å². The van der Waals surface area contributed by atoms with Crippen LogP contribution in [-0.2, 0) is 0 Å².